The number of hydrogen-bond donors (Lipinski definition) is 0. The Bertz CT molecular complexity index is 458. The zero-order chi connectivity index (χ0) is 14.3. The van der Waals surface area contributed by atoms with Gasteiger partial charge in [-0.15, -0.1) is 0 Å². The lowest BCUT2D eigenvalue weighted by Gasteiger charge is -2.32. The van der Waals surface area contributed by atoms with Gasteiger partial charge in [-0.1, -0.05) is 6.92 Å². The number of pyridine rings is 1. The molecule has 1 fully saturated rings. The van der Waals surface area contributed by atoms with Crippen LogP contribution in [0.3, 0.4) is 0 Å². The Hall–Kier alpha value is -1.07. The van der Waals surface area contributed by atoms with Crippen LogP contribution < -0.4 is 10.2 Å². The summed E-state index contributed by atoms with van der Waals surface area (Å²) in [5, 5.41) is 0. The smallest absolute Gasteiger partial charge is 0.495 e. The first-order valence-corrected chi connectivity index (χ1v) is 6.69. The lowest BCUT2D eigenvalue weighted by Crippen LogP contribution is -2.41. The Labute approximate surface area is 115 Å². The molecule has 19 heavy (non-hydrogen) atoms. The molecule has 1 aliphatic rings. The summed E-state index contributed by atoms with van der Waals surface area (Å²) >= 11 is 0. The van der Waals surface area contributed by atoms with E-state index in [9.17, 15) is 0 Å². The van der Waals surface area contributed by atoms with Crippen LogP contribution in [-0.4, -0.2) is 30.4 Å². The minimum Gasteiger partial charge on any atom is -0.495 e. The second-order valence-electron chi connectivity index (χ2n) is 5.85. The molecule has 4 nitrogen and oxygen atoms in total. The Morgan fingerprint density at radius 3 is 2.21 bits per heavy atom. The van der Waals surface area contributed by atoms with E-state index in [1.807, 2.05) is 33.9 Å². The Balaban J connectivity index is 2.39. The summed E-state index contributed by atoms with van der Waals surface area (Å²) in [5.74, 6) is 0.787. The van der Waals surface area contributed by atoms with Crippen LogP contribution in [0.25, 0.3) is 0 Å². The summed E-state index contributed by atoms with van der Waals surface area (Å²) in [5.41, 5.74) is 1.37. The molecule has 0 bridgehead atoms. The van der Waals surface area contributed by atoms with Crippen LogP contribution in [0.5, 0.6) is 5.75 Å². The molecule has 0 unspecified atom stereocenters. The van der Waals surface area contributed by atoms with Gasteiger partial charge in [0.2, 0.25) is 0 Å². The highest BCUT2D eigenvalue weighted by Gasteiger charge is 2.52. The van der Waals surface area contributed by atoms with E-state index in [1.165, 1.54) is 0 Å². The largest absolute Gasteiger partial charge is 0.496 e. The molecule has 0 aliphatic carbocycles. The fourth-order valence-electron chi connectivity index (χ4n) is 2.21. The molecule has 0 N–H and O–H groups in total. The third-order valence-electron chi connectivity index (χ3n) is 4.13. The summed E-state index contributed by atoms with van der Waals surface area (Å²) in [6.07, 6.45) is 4.39. The first-order chi connectivity index (χ1) is 8.82. The normalized spacial score (nSPS) is 20.6. The Morgan fingerprint density at radius 1 is 1.16 bits per heavy atom. The SMILES string of the molecule is CCc1c(OC)cncc1B1OC(C)(C)C(C)(C)O1. The van der Waals surface area contributed by atoms with Crippen LogP contribution in [0.1, 0.15) is 40.2 Å². The van der Waals surface area contributed by atoms with Crippen LogP contribution >= 0.6 is 0 Å². The van der Waals surface area contributed by atoms with E-state index in [0.717, 1.165) is 23.2 Å². The monoisotopic (exact) mass is 263 g/mol. The molecule has 0 atom stereocenters. The third-order valence-corrected chi connectivity index (χ3v) is 4.13. The number of aromatic nitrogens is 1. The van der Waals surface area contributed by atoms with Gasteiger partial charge in [-0.2, -0.15) is 0 Å². The van der Waals surface area contributed by atoms with Gasteiger partial charge in [-0.25, -0.2) is 0 Å². The molecule has 0 saturated carbocycles. The van der Waals surface area contributed by atoms with Crippen molar-refractivity contribution in [1.29, 1.82) is 0 Å². The Kier molecular flexibility index (Phi) is 3.62. The fourth-order valence-corrected chi connectivity index (χ4v) is 2.21. The van der Waals surface area contributed by atoms with Crippen LogP contribution in [-0.2, 0) is 15.7 Å². The topological polar surface area (TPSA) is 40.6 Å². The number of methoxy groups -OCH3 is 1. The molecule has 104 valence electrons. The average Bonchev–Trinajstić information content (AvgIpc) is 2.57. The summed E-state index contributed by atoms with van der Waals surface area (Å²) in [4.78, 5) is 4.22. The van der Waals surface area contributed by atoms with Crippen LogP contribution in [0.15, 0.2) is 12.4 Å². The predicted molar refractivity (Wildman–Crippen MR) is 75.9 cm³/mol. The maximum absolute atomic E-state index is 6.07. The molecule has 1 aromatic rings. The second-order valence-corrected chi connectivity index (χ2v) is 5.85. The minimum absolute atomic E-state index is 0.342. The molecule has 1 saturated heterocycles. The average molecular weight is 263 g/mol. The predicted octanol–water partition coefficient (Wildman–Crippen LogP) is 1.95. The van der Waals surface area contributed by atoms with Gasteiger partial charge in [0.05, 0.1) is 24.5 Å². The quantitative estimate of drug-likeness (QED) is 0.781. The van der Waals surface area contributed by atoms with Gasteiger partial charge < -0.3 is 14.0 Å². The van der Waals surface area contributed by atoms with Gasteiger partial charge in [0.25, 0.3) is 0 Å². The standard InChI is InChI=1S/C14H22BNO3/c1-7-10-11(8-16-9-12(10)17-6)15-18-13(2,3)14(4,5)19-15/h8-9H,7H2,1-6H3. The van der Waals surface area contributed by atoms with Crippen LogP contribution in [0.4, 0.5) is 0 Å². The third kappa shape index (κ3) is 2.37. The number of ether oxygens (including phenoxy) is 1. The van der Waals surface area contributed by atoms with Crippen molar-refractivity contribution >= 4 is 12.6 Å². The molecule has 1 aliphatic heterocycles. The molecule has 2 heterocycles. The van der Waals surface area contributed by atoms with E-state index < -0.39 is 0 Å². The maximum atomic E-state index is 6.07. The highest BCUT2D eigenvalue weighted by Crippen LogP contribution is 2.37. The minimum atomic E-state index is -0.387. The van der Waals surface area contributed by atoms with E-state index >= 15 is 0 Å². The van der Waals surface area contributed by atoms with Crippen molar-refractivity contribution < 1.29 is 14.0 Å². The fraction of sp³-hybridized carbons (Fsp3) is 0.643. The molecule has 2 rings (SSSR count). The molecular weight excluding hydrogens is 241 g/mol. The summed E-state index contributed by atoms with van der Waals surface area (Å²) in [7, 11) is 1.27. The number of rotatable bonds is 3. The first-order valence-electron chi connectivity index (χ1n) is 6.69. The molecule has 0 radical (unpaired) electrons. The van der Waals surface area contributed by atoms with Gasteiger partial charge in [-0.05, 0) is 39.7 Å². The molecule has 5 heteroatoms. The highest BCUT2D eigenvalue weighted by atomic mass is 16.7. The maximum Gasteiger partial charge on any atom is 0.496 e. The van der Waals surface area contributed by atoms with Crippen molar-refractivity contribution in [1.82, 2.24) is 4.98 Å². The second kappa shape index (κ2) is 4.80. The van der Waals surface area contributed by atoms with Crippen LogP contribution in [0, 0.1) is 0 Å². The van der Waals surface area contributed by atoms with Crippen molar-refractivity contribution in [2.24, 2.45) is 0 Å². The van der Waals surface area contributed by atoms with E-state index in [1.54, 1.807) is 13.3 Å². The van der Waals surface area contributed by atoms with E-state index in [2.05, 4.69) is 11.9 Å². The van der Waals surface area contributed by atoms with Crippen molar-refractivity contribution in [2.45, 2.75) is 52.2 Å². The zero-order valence-corrected chi connectivity index (χ0v) is 12.6. The van der Waals surface area contributed by atoms with E-state index in [-0.39, 0.29) is 18.3 Å². The molecule has 0 spiro atoms. The van der Waals surface area contributed by atoms with E-state index in [0.29, 0.717) is 0 Å². The highest BCUT2D eigenvalue weighted by molar-refractivity contribution is 6.62. The lowest BCUT2D eigenvalue weighted by molar-refractivity contribution is 0.00578. The first kappa shape index (κ1) is 14.3. The van der Waals surface area contributed by atoms with Gasteiger partial charge in [0.1, 0.15) is 5.75 Å². The number of nitrogens with zero attached hydrogens (tertiary/aromatic N) is 1. The molecule has 0 amide bonds. The zero-order valence-electron chi connectivity index (χ0n) is 12.6. The van der Waals surface area contributed by atoms with Crippen LogP contribution in [0.2, 0.25) is 0 Å². The summed E-state index contributed by atoms with van der Waals surface area (Å²) in [6.45, 7) is 10.3. The number of hydrogen-bond acceptors (Lipinski definition) is 4. The Morgan fingerprint density at radius 2 is 1.74 bits per heavy atom. The lowest BCUT2D eigenvalue weighted by atomic mass is 9.76. The van der Waals surface area contributed by atoms with Gasteiger partial charge in [0.15, 0.2) is 0 Å². The van der Waals surface area contributed by atoms with Crippen molar-refractivity contribution in [2.75, 3.05) is 7.11 Å². The molecular formula is C14H22BNO3. The summed E-state index contributed by atoms with van der Waals surface area (Å²) < 4.78 is 17.5. The van der Waals surface area contributed by atoms with Crippen molar-refractivity contribution in [3.8, 4) is 5.75 Å². The van der Waals surface area contributed by atoms with Gasteiger partial charge in [-0.3, -0.25) is 4.98 Å². The van der Waals surface area contributed by atoms with Crippen molar-refractivity contribution in [3.05, 3.63) is 18.0 Å². The van der Waals surface area contributed by atoms with Crippen molar-refractivity contribution in [3.63, 3.8) is 0 Å². The molecule has 1 aromatic heterocycles. The van der Waals surface area contributed by atoms with Gasteiger partial charge in [0, 0.05) is 11.7 Å². The van der Waals surface area contributed by atoms with Gasteiger partial charge >= 0.3 is 7.12 Å². The summed E-state index contributed by atoms with van der Waals surface area (Å²) in [6, 6.07) is 0. The molecule has 0 aromatic carbocycles. The van der Waals surface area contributed by atoms with E-state index in [4.69, 9.17) is 14.0 Å².